The standard InChI is InChI=1S/C18H31N3/c1-15(2)19-11-16-6-5-7-17(10-16)12-21(4)14-18-8-9-20(3)13-18/h5-7,10,15,18-19H,8-9,11-14H2,1-4H3. The number of hydrogen-bond acceptors (Lipinski definition) is 3. The molecule has 3 heteroatoms. The molecule has 1 atom stereocenters. The van der Waals surface area contributed by atoms with Gasteiger partial charge in [-0.3, -0.25) is 0 Å². The predicted octanol–water partition coefficient (Wildman–Crippen LogP) is 2.57. The molecule has 0 aliphatic carbocycles. The van der Waals surface area contributed by atoms with E-state index < -0.39 is 0 Å². The highest BCUT2D eigenvalue weighted by Gasteiger charge is 2.20. The Kier molecular flexibility index (Phi) is 6.22. The predicted molar refractivity (Wildman–Crippen MR) is 90.4 cm³/mol. The third-order valence-corrected chi connectivity index (χ3v) is 4.22. The summed E-state index contributed by atoms with van der Waals surface area (Å²) in [5, 5.41) is 3.49. The third-order valence-electron chi connectivity index (χ3n) is 4.22. The van der Waals surface area contributed by atoms with Crippen molar-refractivity contribution in [3.8, 4) is 0 Å². The normalized spacial score (nSPS) is 19.8. The fourth-order valence-electron chi connectivity index (χ4n) is 3.15. The molecule has 1 heterocycles. The molecule has 0 aromatic heterocycles. The second-order valence-corrected chi connectivity index (χ2v) is 6.97. The van der Waals surface area contributed by atoms with Gasteiger partial charge in [0.15, 0.2) is 0 Å². The minimum atomic E-state index is 0.538. The second-order valence-electron chi connectivity index (χ2n) is 6.97. The third kappa shape index (κ3) is 5.77. The molecule has 3 nitrogen and oxygen atoms in total. The minimum Gasteiger partial charge on any atom is -0.310 e. The van der Waals surface area contributed by atoms with Crippen LogP contribution in [0.25, 0.3) is 0 Å². The van der Waals surface area contributed by atoms with Gasteiger partial charge in [-0.2, -0.15) is 0 Å². The first kappa shape index (κ1) is 16.5. The van der Waals surface area contributed by atoms with Crippen molar-refractivity contribution in [3.63, 3.8) is 0 Å². The molecule has 118 valence electrons. The first-order valence-corrected chi connectivity index (χ1v) is 8.21. The summed E-state index contributed by atoms with van der Waals surface area (Å²) >= 11 is 0. The Hall–Kier alpha value is -0.900. The van der Waals surface area contributed by atoms with E-state index in [0.717, 1.165) is 19.0 Å². The molecule has 1 aromatic carbocycles. The summed E-state index contributed by atoms with van der Waals surface area (Å²) in [5.74, 6) is 0.839. The highest BCUT2D eigenvalue weighted by Crippen LogP contribution is 2.16. The van der Waals surface area contributed by atoms with Crippen LogP contribution < -0.4 is 5.32 Å². The molecule has 21 heavy (non-hydrogen) atoms. The van der Waals surface area contributed by atoms with Gasteiger partial charge in [0.1, 0.15) is 0 Å². The van der Waals surface area contributed by atoms with Gasteiger partial charge in [0.25, 0.3) is 0 Å². The number of benzene rings is 1. The van der Waals surface area contributed by atoms with Crippen LogP contribution in [0.5, 0.6) is 0 Å². The quantitative estimate of drug-likeness (QED) is 0.832. The molecule has 1 aliphatic rings. The molecule has 1 aromatic rings. The molecule has 0 bridgehead atoms. The van der Waals surface area contributed by atoms with Crippen LogP contribution in [-0.2, 0) is 13.1 Å². The Bertz CT molecular complexity index is 430. The Morgan fingerprint density at radius 1 is 1.33 bits per heavy atom. The van der Waals surface area contributed by atoms with Crippen LogP contribution in [0.1, 0.15) is 31.4 Å². The van der Waals surface area contributed by atoms with Gasteiger partial charge < -0.3 is 15.1 Å². The molecule has 1 fully saturated rings. The van der Waals surface area contributed by atoms with Crippen LogP contribution in [0.15, 0.2) is 24.3 Å². The molecule has 1 aliphatic heterocycles. The fourth-order valence-corrected chi connectivity index (χ4v) is 3.15. The van der Waals surface area contributed by atoms with Gasteiger partial charge in [-0.15, -0.1) is 0 Å². The first-order chi connectivity index (χ1) is 10.0. The Labute approximate surface area is 130 Å². The van der Waals surface area contributed by atoms with Crippen molar-refractivity contribution in [1.29, 1.82) is 0 Å². The molecule has 1 saturated heterocycles. The van der Waals surface area contributed by atoms with E-state index in [1.54, 1.807) is 0 Å². The monoisotopic (exact) mass is 289 g/mol. The summed E-state index contributed by atoms with van der Waals surface area (Å²) in [6.45, 7) is 10.1. The van der Waals surface area contributed by atoms with Crippen molar-refractivity contribution in [2.75, 3.05) is 33.7 Å². The van der Waals surface area contributed by atoms with E-state index in [1.807, 2.05) is 0 Å². The summed E-state index contributed by atoms with van der Waals surface area (Å²) in [7, 11) is 4.47. The molecule has 0 spiro atoms. The lowest BCUT2D eigenvalue weighted by atomic mass is 10.1. The summed E-state index contributed by atoms with van der Waals surface area (Å²) in [6.07, 6.45) is 1.35. The number of nitrogens with zero attached hydrogens (tertiary/aromatic N) is 2. The van der Waals surface area contributed by atoms with E-state index in [2.05, 4.69) is 67.3 Å². The fraction of sp³-hybridized carbons (Fsp3) is 0.667. The van der Waals surface area contributed by atoms with Gasteiger partial charge >= 0.3 is 0 Å². The molecule has 0 saturated carbocycles. The van der Waals surface area contributed by atoms with Gasteiger partial charge in [-0.1, -0.05) is 38.1 Å². The van der Waals surface area contributed by atoms with E-state index in [9.17, 15) is 0 Å². The smallest absolute Gasteiger partial charge is 0.0230 e. The van der Waals surface area contributed by atoms with E-state index in [0.29, 0.717) is 6.04 Å². The molecular formula is C18H31N3. The van der Waals surface area contributed by atoms with Crippen LogP contribution in [-0.4, -0.2) is 49.6 Å². The van der Waals surface area contributed by atoms with Crippen molar-refractivity contribution in [2.45, 2.75) is 39.4 Å². The van der Waals surface area contributed by atoms with Crippen LogP contribution in [0.3, 0.4) is 0 Å². The summed E-state index contributed by atoms with van der Waals surface area (Å²) in [6, 6.07) is 9.52. The van der Waals surface area contributed by atoms with Gasteiger partial charge in [0.05, 0.1) is 0 Å². The van der Waals surface area contributed by atoms with Crippen molar-refractivity contribution in [2.24, 2.45) is 5.92 Å². The lowest BCUT2D eigenvalue weighted by Gasteiger charge is -2.21. The maximum Gasteiger partial charge on any atom is 0.0230 e. The van der Waals surface area contributed by atoms with Crippen molar-refractivity contribution >= 4 is 0 Å². The number of likely N-dealkylation sites (tertiary alicyclic amines) is 1. The second kappa shape index (κ2) is 7.92. The van der Waals surface area contributed by atoms with Crippen LogP contribution in [0.2, 0.25) is 0 Å². The first-order valence-electron chi connectivity index (χ1n) is 8.21. The van der Waals surface area contributed by atoms with Gasteiger partial charge in [-0.25, -0.2) is 0 Å². The van der Waals surface area contributed by atoms with Crippen LogP contribution >= 0.6 is 0 Å². The highest BCUT2D eigenvalue weighted by molar-refractivity contribution is 5.23. The zero-order valence-corrected chi connectivity index (χ0v) is 14.1. The maximum atomic E-state index is 3.49. The van der Waals surface area contributed by atoms with Crippen LogP contribution in [0.4, 0.5) is 0 Å². The van der Waals surface area contributed by atoms with E-state index in [1.165, 1.54) is 37.2 Å². The largest absolute Gasteiger partial charge is 0.310 e. The molecule has 2 rings (SSSR count). The summed E-state index contributed by atoms with van der Waals surface area (Å²) < 4.78 is 0. The maximum absolute atomic E-state index is 3.49. The van der Waals surface area contributed by atoms with Crippen molar-refractivity contribution in [1.82, 2.24) is 15.1 Å². The summed E-state index contributed by atoms with van der Waals surface area (Å²) in [5.41, 5.74) is 2.81. The zero-order chi connectivity index (χ0) is 15.2. The van der Waals surface area contributed by atoms with E-state index >= 15 is 0 Å². The Morgan fingerprint density at radius 2 is 2.10 bits per heavy atom. The topological polar surface area (TPSA) is 18.5 Å². The zero-order valence-electron chi connectivity index (χ0n) is 14.1. The Morgan fingerprint density at radius 3 is 2.76 bits per heavy atom. The lowest BCUT2D eigenvalue weighted by molar-refractivity contribution is 0.267. The average Bonchev–Trinajstić information content (AvgIpc) is 2.82. The minimum absolute atomic E-state index is 0.538. The van der Waals surface area contributed by atoms with Gasteiger partial charge in [0.2, 0.25) is 0 Å². The molecule has 1 N–H and O–H groups in total. The lowest BCUT2D eigenvalue weighted by Crippen LogP contribution is -2.27. The van der Waals surface area contributed by atoms with E-state index in [4.69, 9.17) is 0 Å². The van der Waals surface area contributed by atoms with Crippen molar-refractivity contribution in [3.05, 3.63) is 35.4 Å². The molecule has 1 unspecified atom stereocenters. The van der Waals surface area contributed by atoms with Gasteiger partial charge in [0, 0.05) is 32.2 Å². The van der Waals surface area contributed by atoms with E-state index in [-0.39, 0.29) is 0 Å². The molecule has 0 radical (unpaired) electrons. The van der Waals surface area contributed by atoms with Crippen LogP contribution in [0, 0.1) is 5.92 Å². The molecular weight excluding hydrogens is 258 g/mol. The Balaban J connectivity index is 1.82. The SMILES string of the molecule is CC(C)NCc1cccc(CN(C)CC2CCN(C)C2)c1. The molecule has 0 amide bonds. The summed E-state index contributed by atoms with van der Waals surface area (Å²) in [4.78, 5) is 4.91. The highest BCUT2D eigenvalue weighted by atomic mass is 15.1. The average molecular weight is 289 g/mol. The van der Waals surface area contributed by atoms with Crippen molar-refractivity contribution < 1.29 is 0 Å². The number of nitrogens with one attached hydrogen (secondary N) is 1. The number of rotatable bonds is 7. The number of hydrogen-bond donors (Lipinski definition) is 1. The van der Waals surface area contributed by atoms with Gasteiger partial charge in [-0.05, 0) is 44.1 Å².